The molecule has 8 heteroatoms. The van der Waals surface area contributed by atoms with Gasteiger partial charge in [0.05, 0.1) is 5.75 Å². The number of benzene rings is 1. The van der Waals surface area contributed by atoms with Crippen molar-refractivity contribution in [3.05, 3.63) is 35.5 Å². The molecule has 0 spiro atoms. The van der Waals surface area contributed by atoms with Gasteiger partial charge in [0.2, 0.25) is 10.0 Å². The second kappa shape index (κ2) is 9.43. The molecule has 1 aliphatic rings. The lowest BCUT2D eigenvalue weighted by molar-refractivity contribution is 0.316. The highest BCUT2D eigenvalue weighted by atomic mass is 32.2. The average Bonchev–Trinajstić information content (AvgIpc) is 2.94. The van der Waals surface area contributed by atoms with Crippen LogP contribution in [0.4, 0.5) is 0 Å². The molecular weight excluding hydrogens is 374 g/mol. The summed E-state index contributed by atoms with van der Waals surface area (Å²) >= 11 is 0. The SMILES string of the molecule is CN=C(NCCc1c(C)[nH]c2ccccc12)NCCS(=O)(=O)NCC1CCC1. The van der Waals surface area contributed by atoms with Gasteiger partial charge in [-0.25, -0.2) is 13.1 Å². The van der Waals surface area contributed by atoms with Gasteiger partial charge in [0.1, 0.15) is 0 Å². The highest BCUT2D eigenvalue weighted by Crippen LogP contribution is 2.25. The van der Waals surface area contributed by atoms with Crippen molar-refractivity contribution in [1.29, 1.82) is 0 Å². The number of para-hydroxylation sites is 1. The van der Waals surface area contributed by atoms with Crippen LogP contribution in [-0.2, 0) is 16.4 Å². The van der Waals surface area contributed by atoms with Crippen molar-refractivity contribution in [3.8, 4) is 0 Å². The van der Waals surface area contributed by atoms with E-state index >= 15 is 0 Å². The highest BCUT2D eigenvalue weighted by molar-refractivity contribution is 7.89. The van der Waals surface area contributed by atoms with Gasteiger partial charge in [-0.1, -0.05) is 24.6 Å². The van der Waals surface area contributed by atoms with Gasteiger partial charge in [-0.05, 0) is 43.7 Å². The number of sulfonamides is 1. The summed E-state index contributed by atoms with van der Waals surface area (Å²) in [6.07, 6.45) is 4.34. The predicted molar refractivity (Wildman–Crippen MR) is 115 cm³/mol. The van der Waals surface area contributed by atoms with E-state index in [-0.39, 0.29) is 5.75 Å². The van der Waals surface area contributed by atoms with Crippen molar-refractivity contribution in [3.63, 3.8) is 0 Å². The number of rotatable bonds is 9. The number of aryl methyl sites for hydroxylation is 1. The monoisotopic (exact) mass is 405 g/mol. The highest BCUT2D eigenvalue weighted by Gasteiger charge is 2.20. The Hall–Kier alpha value is -2.06. The Morgan fingerprint density at radius 3 is 2.68 bits per heavy atom. The Labute approximate surface area is 167 Å². The van der Waals surface area contributed by atoms with Crippen LogP contribution >= 0.6 is 0 Å². The van der Waals surface area contributed by atoms with E-state index in [1.165, 1.54) is 23.1 Å². The molecule has 1 fully saturated rings. The predicted octanol–water partition coefficient (Wildman–Crippen LogP) is 1.90. The van der Waals surface area contributed by atoms with Gasteiger partial charge in [-0.3, -0.25) is 4.99 Å². The number of nitrogens with one attached hydrogen (secondary N) is 4. The molecule has 0 aliphatic heterocycles. The van der Waals surface area contributed by atoms with Gasteiger partial charge in [0.15, 0.2) is 5.96 Å². The molecule has 4 N–H and O–H groups in total. The van der Waals surface area contributed by atoms with Crippen molar-refractivity contribution in [2.45, 2.75) is 32.6 Å². The van der Waals surface area contributed by atoms with Crippen LogP contribution < -0.4 is 15.4 Å². The van der Waals surface area contributed by atoms with E-state index in [1.54, 1.807) is 7.05 Å². The topological polar surface area (TPSA) is 98.4 Å². The molecular formula is C20H31N5O2S. The van der Waals surface area contributed by atoms with Gasteiger partial charge < -0.3 is 15.6 Å². The van der Waals surface area contributed by atoms with Crippen LogP contribution in [0.1, 0.15) is 30.5 Å². The van der Waals surface area contributed by atoms with E-state index in [1.807, 2.05) is 12.1 Å². The Bertz CT molecular complexity index is 916. The van der Waals surface area contributed by atoms with Crippen LogP contribution in [0.5, 0.6) is 0 Å². The molecule has 1 saturated carbocycles. The third-order valence-electron chi connectivity index (χ3n) is 5.40. The second-order valence-corrected chi connectivity index (χ2v) is 9.34. The van der Waals surface area contributed by atoms with Crippen molar-refractivity contribution < 1.29 is 8.42 Å². The lowest BCUT2D eigenvalue weighted by Gasteiger charge is -2.25. The van der Waals surface area contributed by atoms with Crippen LogP contribution in [0, 0.1) is 12.8 Å². The minimum atomic E-state index is -3.24. The normalized spacial score (nSPS) is 15.6. The largest absolute Gasteiger partial charge is 0.358 e. The fourth-order valence-electron chi connectivity index (χ4n) is 3.50. The number of nitrogens with zero attached hydrogens (tertiary/aromatic N) is 1. The first-order chi connectivity index (χ1) is 13.5. The zero-order valence-electron chi connectivity index (χ0n) is 16.7. The van der Waals surface area contributed by atoms with Crippen molar-refractivity contribution >= 4 is 26.9 Å². The summed E-state index contributed by atoms with van der Waals surface area (Å²) in [6, 6.07) is 8.29. The average molecular weight is 406 g/mol. The molecule has 3 rings (SSSR count). The summed E-state index contributed by atoms with van der Waals surface area (Å²) < 4.78 is 26.8. The molecule has 0 radical (unpaired) electrons. The molecule has 154 valence electrons. The third-order valence-corrected chi connectivity index (χ3v) is 6.75. The Morgan fingerprint density at radius 1 is 1.21 bits per heavy atom. The van der Waals surface area contributed by atoms with Gasteiger partial charge in [-0.15, -0.1) is 0 Å². The third kappa shape index (κ3) is 5.48. The van der Waals surface area contributed by atoms with Crippen LogP contribution in [0.3, 0.4) is 0 Å². The van der Waals surface area contributed by atoms with Crippen molar-refractivity contribution in [2.75, 3.05) is 32.4 Å². The maximum Gasteiger partial charge on any atom is 0.213 e. The number of hydrogen-bond donors (Lipinski definition) is 4. The molecule has 0 bridgehead atoms. The lowest BCUT2D eigenvalue weighted by Crippen LogP contribution is -2.42. The number of guanidine groups is 1. The zero-order chi connectivity index (χ0) is 20.0. The molecule has 1 aromatic carbocycles. The number of H-pyrrole nitrogens is 1. The molecule has 0 atom stereocenters. The summed E-state index contributed by atoms with van der Waals surface area (Å²) in [6.45, 7) is 3.70. The second-order valence-electron chi connectivity index (χ2n) is 7.41. The first-order valence-electron chi connectivity index (χ1n) is 9.96. The van der Waals surface area contributed by atoms with E-state index in [0.717, 1.165) is 31.3 Å². The van der Waals surface area contributed by atoms with E-state index in [0.29, 0.717) is 25.0 Å². The summed E-state index contributed by atoms with van der Waals surface area (Å²) in [4.78, 5) is 7.59. The number of aromatic nitrogens is 1. The maximum absolute atomic E-state index is 12.1. The zero-order valence-corrected chi connectivity index (χ0v) is 17.5. The fraction of sp³-hybridized carbons (Fsp3) is 0.550. The fourth-order valence-corrected chi connectivity index (χ4v) is 4.51. The molecule has 0 saturated heterocycles. The number of fused-ring (bicyclic) bond motifs is 1. The van der Waals surface area contributed by atoms with E-state index < -0.39 is 10.0 Å². The van der Waals surface area contributed by atoms with E-state index in [2.05, 4.69) is 44.4 Å². The molecule has 2 aromatic rings. The number of hydrogen-bond acceptors (Lipinski definition) is 3. The first kappa shape index (κ1) is 20.7. The van der Waals surface area contributed by atoms with Crippen molar-refractivity contribution in [2.24, 2.45) is 10.9 Å². The maximum atomic E-state index is 12.1. The van der Waals surface area contributed by atoms with Crippen LogP contribution in [0.15, 0.2) is 29.3 Å². The number of aliphatic imine (C=N–C) groups is 1. The van der Waals surface area contributed by atoms with Gasteiger partial charge in [-0.2, -0.15) is 0 Å². The van der Waals surface area contributed by atoms with E-state index in [4.69, 9.17) is 0 Å². The standard InChI is InChI=1S/C20H31N5O2S/c1-15-17(18-8-3-4-9-19(18)25-15)10-11-22-20(21-2)23-12-13-28(26,27)24-14-16-6-5-7-16/h3-4,8-9,16,24-25H,5-7,10-14H2,1-2H3,(H2,21,22,23). The van der Waals surface area contributed by atoms with E-state index in [9.17, 15) is 8.42 Å². The minimum absolute atomic E-state index is 0.0436. The Morgan fingerprint density at radius 2 is 1.96 bits per heavy atom. The quantitative estimate of drug-likeness (QED) is 0.378. The summed E-state index contributed by atoms with van der Waals surface area (Å²) in [7, 11) is -1.55. The molecule has 7 nitrogen and oxygen atoms in total. The number of aromatic amines is 1. The van der Waals surface area contributed by atoms with Gasteiger partial charge >= 0.3 is 0 Å². The van der Waals surface area contributed by atoms with Crippen LogP contribution in [0.25, 0.3) is 10.9 Å². The first-order valence-corrected chi connectivity index (χ1v) is 11.6. The van der Waals surface area contributed by atoms with Gasteiger partial charge in [0.25, 0.3) is 0 Å². The molecule has 28 heavy (non-hydrogen) atoms. The van der Waals surface area contributed by atoms with Crippen molar-refractivity contribution in [1.82, 2.24) is 20.3 Å². The summed E-state index contributed by atoms with van der Waals surface area (Å²) in [5, 5.41) is 7.59. The smallest absolute Gasteiger partial charge is 0.213 e. The minimum Gasteiger partial charge on any atom is -0.358 e. The van der Waals surface area contributed by atoms with Crippen LogP contribution in [-0.4, -0.2) is 51.8 Å². The summed E-state index contributed by atoms with van der Waals surface area (Å²) in [5.74, 6) is 1.18. The Kier molecular flexibility index (Phi) is 6.96. The lowest BCUT2D eigenvalue weighted by atomic mass is 9.86. The molecule has 1 heterocycles. The molecule has 1 aromatic heterocycles. The summed E-state index contributed by atoms with van der Waals surface area (Å²) in [5.41, 5.74) is 3.62. The molecule has 0 unspecified atom stereocenters. The van der Waals surface area contributed by atoms with Crippen LogP contribution in [0.2, 0.25) is 0 Å². The molecule has 1 aliphatic carbocycles. The Balaban J connectivity index is 1.41. The van der Waals surface area contributed by atoms with Gasteiger partial charge in [0, 0.05) is 43.3 Å². The molecule has 0 amide bonds.